The molecule has 0 radical (unpaired) electrons. The number of hydrogen-bond acceptors (Lipinski definition) is 3. The van der Waals surface area contributed by atoms with Gasteiger partial charge in [-0.25, -0.2) is 4.39 Å². The van der Waals surface area contributed by atoms with Crippen LogP contribution in [0.5, 0.6) is 0 Å². The summed E-state index contributed by atoms with van der Waals surface area (Å²) in [5.74, 6) is -0.210. The van der Waals surface area contributed by atoms with Crippen molar-refractivity contribution in [1.82, 2.24) is 0 Å². The molecule has 1 aliphatic heterocycles. The zero-order valence-corrected chi connectivity index (χ0v) is 12.0. The molecule has 0 amide bonds. The Labute approximate surface area is 113 Å². The Kier molecular flexibility index (Phi) is 4.17. The Morgan fingerprint density at radius 3 is 2.50 bits per heavy atom. The van der Waals surface area contributed by atoms with Gasteiger partial charge in [0.2, 0.25) is 0 Å². The maximum atomic E-state index is 13.3. The van der Waals surface area contributed by atoms with Crippen molar-refractivity contribution in [2.75, 3.05) is 18.0 Å². The van der Waals surface area contributed by atoms with Crippen LogP contribution in [0.15, 0.2) is 18.2 Å². The first-order valence-electron chi connectivity index (χ1n) is 6.43. The van der Waals surface area contributed by atoms with Crippen LogP contribution in [0.25, 0.3) is 0 Å². The molecule has 4 heteroatoms. The minimum atomic E-state index is -0.210. The van der Waals surface area contributed by atoms with Gasteiger partial charge in [0, 0.05) is 35.3 Å². The lowest BCUT2D eigenvalue weighted by Crippen LogP contribution is -2.41. The highest BCUT2D eigenvalue weighted by Gasteiger charge is 2.24. The highest BCUT2D eigenvalue weighted by molar-refractivity contribution is 8.00. The molecule has 2 N–H and O–H groups in total. The molecule has 18 heavy (non-hydrogen) atoms. The lowest BCUT2D eigenvalue weighted by atomic mass is 10.0. The van der Waals surface area contributed by atoms with Gasteiger partial charge >= 0.3 is 0 Å². The van der Waals surface area contributed by atoms with E-state index in [1.165, 1.54) is 6.07 Å². The van der Waals surface area contributed by atoms with Gasteiger partial charge in [-0.2, -0.15) is 11.8 Å². The Hall–Kier alpha value is -0.740. The second-order valence-electron chi connectivity index (χ2n) is 5.15. The van der Waals surface area contributed by atoms with Crippen LogP contribution in [0.2, 0.25) is 0 Å². The molecule has 2 unspecified atom stereocenters. The fraction of sp³-hybridized carbons (Fsp3) is 0.571. The van der Waals surface area contributed by atoms with Crippen molar-refractivity contribution in [1.29, 1.82) is 0 Å². The van der Waals surface area contributed by atoms with Crippen LogP contribution in [0.3, 0.4) is 0 Å². The molecule has 0 aromatic heterocycles. The molecular weight excluding hydrogens is 247 g/mol. The van der Waals surface area contributed by atoms with Gasteiger partial charge in [-0.15, -0.1) is 0 Å². The van der Waals surface area contributed by atoms with Gasteiger partial charge < -0.3 is 10.6 Å². The maximum absolute atomic E-state index is 13.3. The summed E-state index contributed by atoms with van der Waals surface area (Å²) in [7, 11) is 0. The summed E-state index contributed by atoms with van der Waals surface area (Å²) in [6.45, 7) is 8.38. The molecule has 1 aromatic rings. The number of nitrogens with zero attached hydrogens (tertiary/aromatic N) is 1. The predicted molar refractivity (Wildman–Crippen MR) is 77.7 cm³/mol. The first kappa shape index (κ1) is 13.7. The summed E-state index contributed by atoms with van der Waals surface area (Å²) in [5.41, 5.74) is 7.95. The first-order valence-corrected chi connectivity index (χ1v) is 7.37. The average molecular weight is 268 g/mol. The molecule has 1 aliphatic rings. The molecule has 0 spiro atoms. The van der Waals surface area contributed by atoms with E-state index in [0.717, 1.165) is 24.3 Å². The van der Waals surface area contributed by atoms with Crippen molar-refractivity contribution in [3.8, 4) is 0 Å². The summed E-state index contributed by atoms with van der Waals surface area (Å²) >= 11 is 2.01. The van der Waals surface area contributed by atoms with Crippen LogP contribution < -0.4 is 10.6 Å². The third kappa shape index (κ3) is 2.98. The minimum Gasteiger partial charge on any atom is -0.369 e. The van der Waals surface area contributed by atoms with Crippen molar-refractivity contribution < 1.29 is 4.39 Å². The van der Waals surface area contributed by atoms with Crippen molar-refractivity contribution in [3.63, 3.8) is 0 Å². The third-order valence-electron chi connectivity index (χ3n) is 3.24. The molecule has 2 nitrogen and oxygen atoms in total. The van der Waals surface area contributed by atoms with Gasteiger partial charge in [-0.05, 0) is 30.7 Å². The molecule has 1 fully saturated rings. The van der Waals surface area contributed by atoms with E-state index in [2.05, 4.69) is 18.7 Å². The second kappa shape index (κ2) is 5.49. The monoisotopic (exact) mass is 268 g/mol. The molecule has 100 valence electrons. The van der Waals surface area contributed by atoms with Crippen LogP contribution in [-0.4, -0.2) is 23.6 Å². The number of thioether (sulfide) groups is 1. The maximum Gasteiger partial charge on any atom is 0.123 e. The molecule has 1 aromatic carbocycles. The lowest BCUT2D eigenvalue weighted by Gasteiger charge is -2.37. The van der Waals surface area contributed by atoms with E-state index in [0.29, 0.717) is 10.5 Å². The van der Waals surface area contributed by atoms with E-state index in [9.17, 15) is 4.39 Å². The van der Waals surface area contributed by atoms with E-state index >= 15 is 0 Å². The van der Waals surface area contributed by atoms with Crippen LogP contribution in [0.1, 0.15) is 32.4 Å². The van der Waals surface area contributed by atoms with Crippen LogP contribution >= 0.6 is 11.8 Å². The van der Waals surface area contributed by atoms with Gasteiger partial charge in [-0.1, -0.05) is 13.8 Å². The highest BCUT2D eigenvalue weighted by atomic mass is 32.2. The van der Waals surface area contributed by atoms with E-state index in [-0.39, 0.29) is 11.9 Å². The highest BCUT2D eigenvalue weighted by Crippen LogP contribution is 2.32. The smallest absolute Gasteiger partial charge is 0.123 e. The molecule has 0 bridgehead atoms. The van der Waals surface area contributed by atoms with Crippen LogP contribution in [0, 0.1) is 5.82 Å². The molecule has 0 aliphatic carbocycles. The predicted octanol–water partition coefficient (Wildman–Crippen LogP) is 3.18. The zero-order chi connectivity index (χ0) is 13.3. The Bertz CT molecular complexity index is 412. The largest absolute Gasteiger partial charge is 0.369 e. The minimum absolute atomic E-state index is 0.143. The number of hydrogen-bond donors (Lipinski definition) is 1. The van der Waals surface area contributed by atoms with Crippen molar-refractivity contribution in [2.45, 2.75) is 37.3 Å². The molecule has 2 rings (SSSR count). The fourth-order valence-corrected chi connectivity index (χ4v) is 3.88. The quantitative estimate of drug-likeness (QED) is 0.893. The number of nitrogens with two attached hydrogens (primary N) is 1. The fourth-order valence-electron chi connectivity index (χ4n) is 2.55. The Morgan fingerprint density at radius 2 is 1.94 bits per heavy atom. The van der Waals surface area contributed by atoms with Crippen molar-refractivity contribution in [3.05, 3.63) is 29.6 Å². The number of anilines is 1. The normalized spacial score (nSPS) is 26.2. The van der Waals surface area contributed by atoms with Crippen molar-refractivity contribution >= 4 is 17.4 Å². The molecule has 3 atom stereocenters. The summed E-state index contributed by atoms with van der Waals surface area (Å²) < 4.78 is 13.3. The number of rotatable bonds is 2. The first-order chi connectivity index (χ1) is 8.47. The lowest BCUT2D eigenvalue weighted by molar-refractivity contribution is 0.620. The molecular formula is C14H21FN2S. The number of benzene rings is 1. The summed E-state index contributed by atoms with van der Waals surface area (Å²) in [5, 5.41) is 1.19. The van der Waals surface area contributed by atoms with Gasteiger partial charge in [0.1, 0.15) is 5.82 Å². The Balaban J connectivity index is 2.32. The molecule has 1 saturated heterocycles. The van der Waals surface area contributed by atoms with Gasteiger partial charge in [0.05, 0.1) is 0 Å². The zero-order valence-electron chi connectivity index (χ0n) is 11.2. The van der Waals surface area contributed by atoms with Crippen LogP contribution in [0.4, 0.5) is 10.1 Å². The van der Waals surface area contributed by atoms with Crippen molar-refractivity contribution in [2.24, 2.45) is 5.73 Å². The third-order valence-corrected chi connectivity index (χ3v) is 4.47. The Morgan fingerprint density at radius 1 is 1.33 bits per heavy atom. The van der Waals surface area contributed by atoms with Gasteiger partial charge in [0.15, 0.2) is 0 Å². The number of halogens is 1. The van der Waals surface area contributed by atoms with Gasteiger partial charge in [0.25, 0.3) is 0 Å². The van der Waals surface area contributed by atoms with Crippen LogP contribution in [-0.2, 0) is 0 Å². The summed E-state index contributed by atoms with van der Waals surface area (Å²) in [6.07, 6.45) is 0. The van der Waals surface area contributed by atoms with E-state index in [4.69, 9.17) is 5.73 Å². The van der Waals surface area contributed by atoms with Gasteiger partial charge in [-0.3, -0.25) is 0 Å². The molecule has 0 saturated carbocycles. The second-order valence-corrected chi connectivity index (χ2v) is 7.04. The SMILES string of the molecule is CC1CN(c2ccc(F)cc2[C@H](C)N)CC(C)S1. The molecule has 1 heterocycles. The standard InChI is InChI=1S/C14H21FN2S/c1-9-7-17(8-10(2)18-9)14-5-4-12(15)6-13(14)11(3)16/h4-6,9-11H,7-8,16H2,1-3H3/t9?,10?,11-/m0/s1. The van der Waals surface area contributed by atoms with E-state index in [1.54, 1.807) is 6.07 Å². The van der Waals surface area contributed by atoms with E-state index < -0.39 is 0 Å². The summed E-state index contributed by atoms with van der Waals surface area (Å²) in [4.78, 5) is 2.34. The summed E-state index contributed by atoms with van der Waals surface area (Å²) in [6, 6.07) is 4.81. The topological polar surface area (TPSA) is 29.3 Å². The average Bonchev–Trinajstić information content (AvgIpc) is 2.27. The van der Waals surface area contributed by atoms with E-state index in [1.807, 2.05) is 24.8 Å².